The zero-order chi connectivity index (χ0) is 14.1. The van der Waals surface area contributed by atoms with Crippen LogP contribution >= 0.6 is 0 Å². The average molecular weight is 269 g/mol. The molecule has 5 heteroatoms. The van der Waals surface area contributed by atoms with Crippen molar-refractivity contribution in [2.45, 2.75) is 6.04 Å². The van der Waals surface area contributed by atoms with Crippen molar-refractivity contribution in [3.63, 3.8) is 0 Å². The molecular weight excluding hydrogens is 254 g/mol. The van der Waals surface area contributed by atoms with Crippen LogP contribution in [0.4, 0.5) is 11.4 Å². The predicted molar refractivity (Wildman–Crippen MR) is 77.7 cm³/mol. The third kappa shape index (κ3) is 2.14. The molecule has 0 aromatic heterocycles. The highest BCUT2D eigenvalue weighted by Crippen LogP contribution is 2.35. The molecule has 0 saturated carbocycles. The summed E-state index contributed by atoms with van der Waals surface area (Å²) in [5.74, 6) is 0.394. The molecule has 1 aliphatic rings. The third-order valence-corrected chi connectivity index (χ3v) is 3.37. The lowest BCUT2D eigenvalue weighted by Gasteiger charge is -2.15. The lowest BCUT2D eigenvalue weighted by Crippen LogP contribution is -2.15. The maximum absolute atomic E-state index is 11.2. The molecule has 1 aliphatic heterocycles. The number of rotatable bonds is 3. The standard InChI is InChI=1S/C15H15N3O2/c16-11-6-5-9(15(17)19)7-12(11)18-13-8-20-14-4-2-1-3-10(13)14/h1-7,13,18H,8,16H2,(H2,17,19). The molecule has 1 unspecified atom stereocenters. The van der Waals surface area contributed by atoms with Gasteiger partial charge in [0.25, 0.3) is 0 Å². The van der Waals surface area contributed by atoms with Gasteiger partial charge in [-0.3, -0.25) is 4.79 Å². The quantitative estimate of drug-likeness (QED) is 0.742. The highest BCUT2D eigenvalue weighted by Gasteiger charge is 2.24. The van der Waals surface area contributed by atoms with Crippen molar-refractivity contribution < 1.29 is 9.53 Å². The summed E-state index contributed by atoms with van der Waals surface area (Å²) in [5.41, 5.74) is 14.0. The Balaban J connectivity index is 1.89. The smallest absolute Gasteiger partial charge is 0.248 e. The van der Waals surface area contributed by atoms with Gasteiger partial charge in [0, 0.05) is 11.1 Å². The van der Waals surface area contributed by atoms with Crippen molar-refractivity contribution in [3.8, 4) is 5.75 Å². The molecule has 2 aromatic carbocycles. The van der Waals surface area contributed by atoms with Gasteiger partial charge in [0.2, 0.25) is 5.91 Å². The molecule has 2 aromatic rings. The van der Waals surface area contributed by atoms with Crippen molar-refractivity contribution in [1.29, 1.82) is 0 Å². The zero-order valence-electron chi connectivity index (χ0n) is 10.8. The van der Waals surface area contributed by atoms with E-state index in [1.807, 2.05) is 24.3 Å². The number of amides is 1. The molecule has 5 nitrogen and oxygen atoms in total. The molecule has 3 rings (SSSR count). The predicted octanol–water partition coefficient (Wildman–Crippen LogP) is 1.91. The van der Waals surface area contributed by atoms with E-state index >= 15 is 0 Å². The van der Waals surface area contributed by atoms with Gasteiger partial charge in [-0.25, -0.2) is 0 Å². The summed E-state index contributed by atoms with van der Waals surface area (Å²) < 4.78 is 5.61. The summed E-state index contributed by atoms with van der Waals surface area (Å²) in [4.78, 5) is 11.2. The van der Waals surface area contributed by atoms with Gasteiger partial charge in [0.15, 0.2) is 0 Å². The summed E-state index contributed by atoms with van der Waals surface area (Å²) in [6, 6.07) is 12.8. The molecule has 0 radical (unpaired) electrons. The number of carbonyl (C=O) groups is 1. The van der Waals surface area contributed by atoms with E-state index in [4.69, 9.17) is 16.2 Å². The SMILES string of the molecule is NC(=O)c1ccc(N)c(NC2COc3ccccc32)c1. The topological polar surface area (TPSA) is 90.4 Å². The number of anilines is 2. The van der Waals surface area contributed by atoms with Gasteiger partial charge >= 0.3 is 0 Å². The molecule has 20 heavy (non-hydrogen) atoms. The Bertz CT molecular complexity index is 670. The van der Waals surface area contributed by atoms with E-state index in [2.05, 4.69) is 5.32 Å². The molecule has 5 N–H and O–H groups in total. The van der Waals surface area contributed by atoms with Crippen LogP contribution in [-0.4, -0.2) is 12.5 Å². The number of benzene rings is 2. The third-order valence-electron chi connectivity index (χ3n) is 3.37. The van der Waals surface area contributed by atoms with Gasteiger partial charge in [0.1, 0.15) is 12.4 Å². The van der Waals surface area contributed by atoms with E-state index in [9.17, 15) is 4.79 Å². The van der Waals surface area contributed by atoms with Gasteiger partial charge in [-0.1, -0.05) is 18.2 Å². The lowest BCUT2D eigenvalue weighted by molar-refractivity contribution is 0.100. The Labute approximate surface area is 116 Å². The van der Waals surface area contributed by atoms with E-state index < -0.39 is 5.91 Å². The maximum atomic E-state index is 11.2. The number of fused-ring (bicyclic) bond motifs is 1. The first-order valence-electron chi connectivity index (χ1n) is 6.33. The zero-order valence-corrected chi connectivity index (χ0v) is 10.8. The number of primary amides is 1. The minimum atomic E-state index is -0.476. The van der Waals surface area contributed by atoms with Crippen LogP contribution in [-0.2, 0) is 0 Å². The minimum Gasteiger partial charge on any atom is -0.491 e. The van der Waals surface area contributed by atoms with E-state index in [-0.39, 0.29) is 6.04 Å². The number of hydrogen-bond acceptors (Lipinski definition) is 4. The Hall–Kier alpha value is -2.69. The Morgan fingerprint density at radius 2 is 2.05 bits per heavy atom. The Morgan fingerprint density at radius 1 is 1.25 bits per heavy atom. The van der Waals surface area contributed by atoms with Gasteiger partial charge in [-0.2, -0.15) is 0 Å². The normalized spacial score (nSPS) is 16.3. The molecule has 1 amide bonds. The molecule has 1 atom stereocenters. The van der Waals surface area contributed by atoms with Crippen molar-refractivity contribution in [2.75, 3.05) is 17.7 Å². The van der Waals surface area contributed by atoms with Gasteiger partial charge in [-0.15, -0.1) is 0 Å². The van der Waals surface area contributed by atoms with Crippen LogP contribution in [0.3, 0.4) is 0 Å². The van der Waals surface area contributed by atoms with Crippen molar-refractivity contribution in [2.24, 2.45) is 5.73 Å². The van der Waals surface area contributed by atoms with E-state index in [1.54, 1.807) is 18.2 Å². The summed E-state index contributed by atoms with van der Waals surface area (Å²) in [5, 5.41) is 3.30. The number of nitrogen functional groups attached to an aromatic ring is 1. The molecule has 0 saturated heterocycles. The largest absolute Gasteiger partial charge is 0.491 e. The van der Waals surface area contributed by atoms with Crippen LogP contribution in [0.15, 0.2) is 42.5 Å². The number of ether oxygens (including phenoxy) is 1. The number of hydrogen-bond donors (Lipinski definition) is 3. The number of nitrogens with two attached hydrogens (primary N) is 2. The Morgan fingerprint density at radius 3 is 2.85 bits per heavy atom. The highest BCUT2D eigenvalue weighted by molar-refractivity contribution is 5.95. The van der Waals surface area contributed by atoms with E-state index in [1.165, 1.54) is 0 Å². The fourth-order valence-electron chi connectivity index (χ4n) is 2.30. The highest BCUT2D eigenvalue weighted by atomic mass is 16.5. The molecule has 1 heterocycles. The molecule has 0 aliphatic carbocycles. The van der Waals surface area contributed by atoms with Gasteiger partial charge in [-0.05, 0) is 24.3 Å². The Kier molecular flexibility index (Phi) is 2.95. The van der Waals surface area contributed by atoms with Crippen LogP contribution in [0.5, 0.6) is 5.75 Å². The second kappa shape index (κ2) is 4.77. The fourth-order valence-corrected chi connectivity index (χ4v) is 2.30. The van der Waals surface area contributed by atoms with Gasteiger partial charge in [0.05, 0.1) is 17.4 Å². The first-order valence-corrected chi connectivity index (χ1v) is 6.33. The first-order chi connectivity index (χ1) is 9.65. The minimum absolute atomic E-state index is 0.0108. The van der Waals surface area contributed by atoms with Crippen molar-refractivity contribution in [1.82, 2.24) is 0 Å². The molecule has 0 spiro atoms. The maximum Gasteiger partial charge on any atom is 0.248 e. The van der Waals surface area contributed by atoms with E-state index in [0.29, 0.717) is 23.5 Å². The van der Waals surface area contributed by atoms with Crippen LogP contribution in [0.2, 0.25) is 0 Å². The second-order valence-corrected chi connectivity index (χ2v) is 4.71. The van der Waals surface area contributed by atoms with Gasteiger partial charge < -0.3 is 21.5 Å². The van der Waals surface area contributed by atoms with Crippen molar-refractivity contribution >= 4 is 17.3 Å². The molecule has 0 bridgehead atoms. The van der Waals surface area contributed by atoms with Crippen LogP contribution in [0, 0.1) is 0 Å². The summed E-state index contributed by atoms with van der Waals surface area (Å²) in [6.45, 7) is 0.527. The lowest BCUT2D eigenvalue weighted by atomic mass is 10.1. The van der Waals surface area contributed by atoms with Crippen LogP contribution in [0.25, 0.3) is 0 Å². The molecule has 0 fully saturated rings. The number of carbonyl (C=O) groups excluding carboxylic acids is 1. The van der Waals surface area contributed by atoms with Crippen LogP contribution in [0.1, 0.15) is 22.0 Å². The number of nitrogens with one attached hydrogen (secondary N) is 1. The summed E-state index contributed by atoms with van der Waals surface area (Å²) in [6.07, 6.45) is 0. The fraction of sp³-hybridized carbons (Fsp3) is 0.133. The van der Waals surface area contributed by atoms with Crippen LogP contribution < -0.4 is 21.5 Å². The molecule has 102 valence electrons. The summed E-state index contributed by atoms with van der Waals surface area (Å²) >= 11 is 0. The number of para-hydroxylation sites is 1. The first kappa shape index (κ1) is 12.3. The monoisotopic (exact) mass is 269 g/mol. The molecular formula is C15H15N3O2. The average Bonchev–Trinajstić information content (AvgIpc) is 2.84. The van der Waals surface area contributed by atoms with E-state index in [0.717, 1.165) is 11.3 Å². The second-order valence-electron chi connectivity index (χ2n) is 4.71. The van der Waals surface area contributed by atoms with Crippen molar-refractivity contribution in [3.05, 3.63) is 53.6 Å². The summed E-state index contributed by atoms with van der Waals surface area (Å²) in [7, 11) is 0.